The van der Waals surface area contributed by atoms with Gasteiger partial charge in [-0.2, -0.15) is 4.99 Å². The number of halogens is 3. The molecule has 0 aliphatic carbocycles. The van der Waals surface area contributed by atoms with Crippen molar-refractivity contribution in [2.24, 2.45) is 4.99 Å². The molecule has 2 fully saturated rings. The van der Waals surface area contributed by atoms with Gasteiger partial charge >= 0.3 is 0 Å². The van der Waals surface area contributed by atoms with Crippen molar-refractivity contribution < 1.29 is 17.6 Å². The lowest BCUT2D eigenvalue weighted by atomic mass is 10.1. The molecule has 0 spiro atoms. The van der Waals surface area contributed by atoms with E-state index in [1.807, 2.05) is 0 Å². The van der Waals surface area contributed by atoms with Crippen LogP contribution in [0.5, 0.6) is 0 Å². The number of rotatable bonds is 3. The van der Waals surface area contributed by atoms with Gasteiger partial charge in [-0.1, -0.05) is 47.1 Å². The fourth-order valence-corrected chi connectivity index (χ4v) is 7.87. The van der Waals surface area contributed by atoms with E-state index in [-0.39, 0.29) is 35.0 Å². The number of anilines is 1. The third-order valence-electron chi connectivity index (χ3n) is 4.72. The average Bonchev–Trinajstić information content (AvgIpc) is 3.08. The normalized spacial score (nSPS) is 24.1. The van der Waals surface area contributed by atoms with Crippen LogP contribution in [-0.2, 0) is 21.1 Å². The first kappa shape index (κ1) is 20.7. The Hall–Kier alpha value is -1.61. The maximum atomic E-state index is 13.1. The number of nitrogens with zero attached hydrogens (tertiary/aromatic N) is 2. The second kappa shape index (κ2) is 7.91. The van der Waals surface area contributed by atoms with Crippen molar-refractivity contribution in [1.82, 2.24) is 0 Å². The quantitative estimate of drug-likeness (QED) is 0.675. The van der Waals surface area contributed by atoms with Gasteiger partial charge in [-0.25, -0.2) is 12.8 Å². The third kappa shape index (κ3) is 4.45. The van der Waals surface area contributed by atoms with Gasteiger partial charge in [-0.15, -0.1) is 0 Å². The molecule has 0 saturated carbocycles. The molecule has 2 aliphatic heterocycles. The molecule has 2 heterocycles. The molecule has 5 nitrogen and oxygen atoms in total. The second-order valence-electron chi connectivity index (χ2n) is 6.86. The molecule has 2 aliphatic rings. The number of amidine groups is 1. The van der Waals surface area contributed by atoms with Crippen LogP contribution in [0, 0.1) is 5.82 Å². The topological polar surface area (TPSA) is 66.8 Å². The molecule has 152 valence electrons. The first-order valence-corrected chi connectivity index (χ1v) is 12.1. The van der Waals surface area contributed by atoms with Gasteiger partial charge in [0.25, 0.3) is 5.91 Å². The van der Waals surface area contributed by atoms with Crippen LogP contribution in [0.4, 0.5) is 10.1 Å². The molecule has 1 amide bonds. The van der Waals surface area contributed by atoms with Crippen LogP contribution in [-0.4, -0.2) is 42.3 Å². The molecular weight excluding hydrogens is 458 g/mol. The number of hydrogen-bond donors (Lipinski definition) is 0. The maximum Gasteiger partial charge on any atom is 0.252 e. The fourth-order valence-electron chi connectivity index (χ4n) is 3.45. The first-order chi connectivity index (χ1) is 13.7. The van der Waals surface area contributed by atoms with Gasteiger partial charge in [0.05, 0.1) is 34.7 Å². The summed E-state index contributed by atoms with van der Waals surface area (Å²) < 4.78 is 37.3. The Morgan fingerprint density at radius 1 is 1.17 bits per heavy atom. The minimum Gasteiger partial charge on any atom is -0.314 e. The zero-order valence-corrected chi connectivity index (χ0v) is 18.0. The largest absolute Gasteiger partial charge is 0.314 e. The molecule has 0 radical (unpaired) electrons. The van der Waals surface area contributed by atoms with Gasteiger partial charge in [0.1, 0.15) is 5.82 Å². The second-order valence-corrected chi connectivity index (χ2v) is 11.1. The van der Waals surface area contributed by atoms with E-state index in [4.69, 9.17) is 23.2 Å². The summed E-state index contributed by atoms with van der Waals surface area (Å²) in [6, 6.07) is 10.2. The molecule has 2 aromatic rings. The van der Waals surface area contributed by atoms with Crippen molar-refractivity contribution in [1.29, 1.82) is 0 Å². The summed E-state index contributed by atoms with van der Waals surface area (Å²) in [5, 5.41) is 0.976. The first-order valence-electron chi connectivity index (χ1n) is 8.69. The number of hydrogen-bond acceptors (Lipinski definition) is 4. The van der Waals surface area contributed by atoms with E-state index < -0.39 is 15.7 Å². The Kier molecular flexibility index (Phi) is 5.63. The number of aliphatic imine (C=N–C) groups is 1. The van der Waals surface area contributed by atoms with Crippen LogP contribution in [0.25, 0.3) is 0 Å². The summed E-state index contributed by atoms with van der Waals surface area (Å²) in [6.45, 7) is 0. The van der Waals surface area contributed by atoms with Crippen LogP contribution in [0.3, 0.4) is 0 Å². The maximum absolute atomic E-state index is 13.1. The van der Waals surface area contributed by atoms with E-state index in [2.05, 4.69) is 4.99 Å². The van der Waals surface area contributed by atoms with Gasteiger partial charge in [-0.3, -0.25) is 4.79 Å². The smallest absolute Gasteiger partial charge is 0.252 e. The molecule has 29 heavy (non-hydrogen) atoms. The third-order valence-corrected chi connectivity index (χ3v) is 8.47. The highest BCUT2D eigenvalue weighted by Gasteiger charge is 2.49. The van der Waals surface area contributed by atoms with Crippen molar-refractivity contribution in [2.45, 2.75) is 17.7 Å². The number of thioether (sulfide) groups is 1. The van der Waals surface area contributed by atoms with Crippen molar-refractivity contribution in [3.05, 3.63) is 63.9 Å². The molecular formula is C19H15Cl2FN2O3S2. The lowest BCUT2D eigenvalue weighted by Gasteiger charge is -2.25. The standard InChI is InChI=1S/C19H15Cl2FN2O3S2/c20-12-3-6-15(14(21)8-12)24-16-9-29(26,27)10-17(16)28-19(24)23-18(25)7-11-1-4-13(22)5-2-11/h1-6,8,16-17H,7,9-10H2/t16-,17+/m0/s1. The number of carbonyl (C=O) groups is 1. The average molecular weight is 473 g/mol. The van der Waals surface area contributed by atoms with E-state index in [1.54, 1.807) is 23.1 Å². The van der Waals surface area contributed by atoms with E-state index >= 15 is 0 Å². The summed E-state index contributed by atoms with van der Waals surface area (Å²) in [7, 11) is -3.18. The van der Waals surface area contributed by atoms with Crippen molar-refractivity contribution in [2.75, 3.05) is 16.4 Å². The van der Waals surface area contributed by atoms with E-state index in [0.29, 0.717) is 26.5 Å². The summed E-state index contributed by atoms with van der Waals surface area (Å²) in [4.78, 5) is 18.5. The van der Waals surface area contributed by atoms with Gasteiger partial charge in [0.2, 0.25) is 0 Å². The molecule has 0 unspecified atom stereocenters. The van der Waals surface area contributed by atoms with Crippen molar-refractivity contribution in [3.8, 4) is 0 Å². The summed E-state index contributed by atoms with van der Waals surface area (Å²) in [5.41, 5.74) is 1.20. The van der Waals surface area contributed by atoms with Gasteiger partial charge in [0, 0.05) is 10.3 Å². The number of sulfone groups is 1. The highest BCUT2D eigenvalue weighted by atomic mass is 35.5. The zero-order chi connectivity index (χ0) is 20.8. The number of fused-ring (bicyclic) bond motifs is 1. The Morgan fingerprint density at radius 2 is 1.90 bits per heavy atom. The van der Waals surface area contributed by atoms with Crippen LogP contribution in [0.2, 0.25) is 10.0 Å². The van der Waals surface area contributed by atoms with Gasteiger partial charge in [0.15, 0.2) is 15.0 Å². The fraction of sp³-hybridized carbons (Fsp3) is 0.263. The highest BCUT2D eigenvalue weighted by molar-refractivity contribution is 8.16. The van der Waals surface area contributed by atoms with Gasteiger partial charge in [-0.05, 0) is 35.9 Å². The summed E-state index contributed by atoms with van der Waals surface area (Å²) >= 11 is 13.6. The molecule has 2 aromatic carbocycles. The van der Waals surface area contributed by atoms with Crippen LogP contribution in [0.15, 0.2) is 47.5 Å². The van der Waals surface area contributed by atoms with E-state index in [9.17, 15) is 17.6 Å². The number of amides is 1. The molecule has 0 N–H and O–H groups in total. The lowest BCUT2D eigenvalue weighted by Crippen LogP contribution is -2.38. The monoisotopic (exact) mass is 472 g/mol. The minimum atomic E-state index is -3.18. The van der Waals surface area contributed by atoms with Crippen molar-refractivity contribution in [3.63, 3.8) is 0 Å². The Balaban J connectivity index is 1.66. The Labute approximate surface area is 181 Å². The zero-order valence-electron chi connectivity index (χ0n) is 14.9. The minimum absolute atomic E-state index is 0.0140. The number of benzene rings is 2. The Bertz CT molecular complexity index is 1110. The SMILES string of the molecule is O=C(Cc1ccc(F)cc1)N=C1S[C@@H]2CS(=O)(=O)C[C@@H]2N1c1ccc(Cl)cc1Cl. The molecule has 2 atom stereocenters. The van der Waals surface area contributed by atoms with Crippen LogP contribution >= 0.6 is 35.0 Å². The molecule has 0 aromatic heterocycles. The van der Waals surface area contributed by atoms with Crippen LogP contribution < -0.4 is 4.90 Å². The molecule has 0 bridgehead atoms. The van der Waals surface area contributed by atoms with Gasteiger partial charge < -0.3 is 4.90 Å². The van der Waals surface area contributed by atoms with E-state index in [1.165, 1.54) is 36.0 Å². The highest BCUT2D eigenvalue weighted by Crippen LogP contribution is 2.43. The lowest BCUT2D eigenvalue weighted by molar-refractivity contribution is -0.117. The molecule has 2 saturated heterocycles. The van der Waals surface area contributed by atoms with Crippen molar-refractivity contribution >= 4 is 61.6 Å². The Morgan fingerprint density at radius 3 is 2.59 bits per heavy atom. The predicted octanol–water partition coefficient (Wildman–Crippen LogP) is 3.98. The van der Waals surface area contributed by atoms with Crippen LogP contribution in [0.1, 0.15) is 5.56 Å². The van der Waals surface area contributed by atoms with E-state index in [0.717, 1.165) is 0 Å². The number of carbonyl (C=O) groups excluding carboxylic acids is 1. The summed E-state index contributed by atoms with van der Waals surface area (Å²) in [5.74, 6) is -0.794. The molecule has 4 rings (SSSR count). The predicted molar refractivity (Wildman–Crippen MR) is 115 cm³/mol. The molecule has 10 heteroatoms. The summed E-state index contributed by atoms with van der Waals surface area (Å²) in [6.07, 6.45) is 0.0140.